The van der Waals surface area contributed by atoms with Crippen LogP contribution < -0.4 is 16.4 Å². The van der Waals surface area contributed by atoms with Crippen LogP contribution in [0.5, 0.6) is 0 Å². The molecule has 3 aliphatic heterocycles. The Labute approximate surface area is 104 Å². The Bertz CT molecular complexity index is 392. The third kappa shape index (κ3) is 1.30. The lowest BCUT2D eigenvalue weighted by Crippen LogP contribution is -2.57. The van der Waals surface area contributed by atoms with Gasteiger partial charge in [-0.2, -0.15) is 0 Å². The lowest BCUT2D eigenvalue weighted by atomic mass is 9.67. The second-order valence-corrected chi connectivity index (χ2v) is 5.20. The summed E-state index contributed by atoms with van der Waals surface area (Å²) in [6, 6.07) is 0.270. The van der Waals surface area contributed by atoms with Crippen LogP contribution in [-0.4, -0.2) is 17.9 Å². The Morgan fingerprint density at radius 2 is 2.00 bits per heavy atom. The van der Waals surface area contributed by atoms with E-state index in [9.17, 15) is 0 Å². The molecule has 0 amide bonds. The van der Waals surface area contributed by atoms with Crippen molar-refractivity contribution in [3.8, 4) is 0 Å². The summed E-state index contributed by atoms with van der Waals surface area (Å²) < 4.78 is 0. The predicted octanol–water partition coefficient (Wildman–Crippen LogP) is 1.04. The lowest BCUT2D eigenvalue weighted by molar-refractivity contribution is 0.160. The Morgan fingerprint density at radius 3 is 2.69 bits per heavy atom. The second kappa shape index (κ2) is 3.39. The minimum atomic E-state index is 0.0988. The van der Waals surface area contributed by atoms with Gasteiger partial charge in [0, 0.05) is 12.0 Å². The number of hydrogen-bond donors (Lipinski definition) is 3. The molecular formula is C10H12Cl2N4. The van der Waals surface area contributed by atoms with Crippen LogP contribution in [-0.2, 0) is 0 Å². The minimum Gasteiger partial charge on any atom is -0.341 e. The van der Waals surface area contributed by atoms with Crippen LogP contribution in [0.25, 0.3) is 0 Å². The molecule has 3 heterocycles. The largest absolute Gasteiger partial charge is 0.341 e. The van der Waals surface area contributed by atoms with Gasteiger partial charge in [-0.3, -0.25) is 4.99 Å². The first-order valence-electron chi connectivity index (χ1n) is 5.23. The molecule has 4 atom stereocenters. The van der Waals surface area contributed by atoms with Crippen molar-refractivity contribution in [2.75, 3.05) is 0 Å². The number of halogens is 2. The van der Waals surface area contributed by atoms with Gasteiger partial charge in [0.05, 0.1) is 11.7 Å². The Balaban J connectivity index is 2.02. The number of nitrogens with one attached hydrogen (secondary N) is 2. The normalized spacial score (nSPS) is 40.8. The molecule has 0 aromatic rings. The van der Waals surface area contributed by atoms with Crippen LogP contribution in [0, 0.1) is 11.8 Å². The molecule has 4 aliphatic rings. The molecule has 0 aromatic carbocycles. The first-order chi connectivity index (χ1) is 7.58. The van der Waals surface area contributed by atoms with E-state index in [1.807, 2.05) is 0 Å². The van der Waals surface area contributed by atoms with Gasteiger partial charge in [-0.15, -0.1) is 0 Å². The van der Waals surface area contributed by atoms with Crippen molar-refractivity contribution < 1.29 is 0 Å². The van der Waals surface area contributed by atoms with Crippen molar-refractivity contribution >= 4 is 29.0 Å². The van der Waals surface area contributed by atoms with Crippen molar-refractivity contribution in [1.82, 2.24) is 10.6 Å². The fraction of sp³-hybridized carbons (Fsp3) is 0.500. The maximum atomic E-state index is 6.06. The van der Waals surface area contributed by atoms with E-state index in [0.29, 0.717) is 22.1 Å². The number of aliphatic imine (C=N–C) groups is 1. The van der Waals surface area contributed by atoms with E-state index in [2.05, 4.69) is 28.6 Å². The molecule has 0 radical (unpaired) electrons. The van der Waals surface area contributed by atoms with Gasteiger partial charge in [-0.1, -0.05) is 36.2 Å². The highest BCUT2D eigenvalue weighted by Crippen LogP contribution is 2.40. The Morgan fingerprint density at radius 1 is 1.31 bits per heavy atom. The molecule has 0 aromatic heterocycles. The van der Waals surface area contributed by atoms with E-state index in [4.69, 9.17) is 28.9 Å². The molecule has 2 bridgehead atoms. The van der Waals surface area contributed by atoms with Crippen LogP contribution in [0.15, 0.2) is 27.1 Å². The zero-order chi connectivity index (χ0) is 11.4. The second-order valence-electron chi connectivity index (χ2n) is 4.44. The predicted molar refractivity (Wildman–Crippen MR) is 64.9 cm³/mol. The lowest BCUT2D eigenvalue weighted by Gasteiger charge is -2.44. The number of rotatable bonds is 0. The van der Waals surface area contributed by atoms with Crippen molar-refractivity contribution in [3.05, 3.63) is 22.1 Å². The SMILES string of the molecule is CC1C2C=C3NC(Cl)=C(Cl)NC3=NC1C2N. The van der Waals surface area contributed by atoms with Crippen molar-refractivity contribution in [2.45, 2.75) is 19.0 Å². The molecule has 86 valence electrons. The third-order valence-electron chi connectivity index (χ3n) is 3.54. The van der Waals surface area contributed by atoms with Crippen molar-refractivity contribution in [1.29, 1.82) is 0 Å². The van der Waals surface area contributed by atoms with Gasteiger partial charge < -0.3 is 16.4 Å². The fourth-order valence-corrected chi connectivity index (χ4v) is 2.79. The zero-order valence-corrected chi connectivity index (χ0v) is 10.2. The molecule has 0 saturated heterocycles. The number of nitrogens with zero attached hydrogens (tertiary/aromatic N) is 1. The summed E-state index contributed by atoms with van der Waals surface area (Å²) in [4.78, 5) is 4.58. The topological polar surface area (TPSA) is 62.4 Å². The van der Waals surface area contributed by atoms with Crippen molar-refractivity contribution in [3.63, 3.8) is 0 Å². The van der Waals surface area contributed by atoms with Gasteiger partial charge in [-0.25, -0.2) is 0 Å². The molecule has 4 unspecified atom stereocenters. The van der Waals surface area contributed by atoms with Crippen LogP contribution in [0.3, 0.4) is 0 Å². The Kier molecular flexibility index (Phi) is 2.21. The van der Waals surface area contributed by atoms with Gasteiger partial charge in [0.15, 0.2) is 0 Å². The van der Waals surface area contributed by atoms with Crippen LogP contribution >= 0.6 is 23.2 Å². The number of amidine groups is 1. The minimum absolute atomic E-state index is 0.0988. The summed E-state index contributed by atoms with van der Waals surface area (Å²) in [7, 11) is 0. The van der Waals surface area contributed by atoms with E-state index in [0.717, 1.165) is 11.5 Å². The quantitative estimate of drug-likeness (QED) is 0.569. The Hall–Kier alpha value is -0.710. The average molecular weight is 259 g/mol. The highest BCUT2D eigenvalue weighted by Gasteiger charge is 2.47. The molecule has 16 heavy (non-hydrogen) atoms. The van der Waals surface area contributed by atoms with E-state index in [1.54, 1.807) is 0 Å². The average Bonchev–Trinajstić information content (AvgIpc) is 2.48. The summed E-state index contributed by atoms with van der Waals surface area (Å²) in [5.74, 6) is 1.57. The summed E-state index contributed by atoms with van der Waals surface area (Å²) >= 11 is 11.8. The van der Waals surface area contributed by atoms with E-state index in [-0.39, 0.29) is 12.1 Å². The summed E-state index contributed by atoms with van der Waals surface area (Å²) in [6.45, 7) is 2.16. The zero-order valence-electron chi connectivity index (χ0n) is 8.67. The van der Waals surface area contributed by atoms with Gasteiger partial charge in [0.25, 0.3) is 0 Å². The van der Waals surface area contributed by atoms with Gasteiger partial charge >= 0.3 is 0 Å². The molecule has 4 N–H and O–H groups in total. The fourth-order valence-electron chi connectivity index (χ4n) is 2.50. The van der Waals surface area contributed by atoms with Gasteiger partial charge in [-0.05, 0) is 5.92 Å². The highest BCUT2D eigenvalue weighted by atomic mass is 35.5. The van der Waals surface area contributed by atoms with Gasteiger partial charge in [0.1, 0.15) is 16.1 Å². The van der Waals surface area contributed by atoms with E-state index in [1.165, 1.54) is 0 Å². The van der Waals surface area contributed by atoms with Crippen molar-refractivity contribution in [2.24, 2.45) is 22.6 Å². The maximum Gasteiger partial charge on any atom is 0.150 e. The molecule has 1 aliphatic carbocycles. The molecule has 1 saturated carbocycles. The monoisotopic (exact) mass is 258 g/mol. The smallest absolute Gasteiger partial charge is 0.150 e. The maximum absolute atomic E-state index is 6.06. The standard InChI is InChI=1S/C10H12Cl2N4/c1-3-4-2-5-10(15-7(3)6(4)13)16-9(12)8(11)14-5/h2-4,6-7,14H,13H2,1H3,(H,15,16). The summed E-state index contributed by atoms with van der Waals surface area (Å²) in [5.41, 5.74) is 6.93. The van der Waals surface area contributed by atoms with E-state index >= 15 is 0 Å². The third-order valence-corrected chi connectivity index (χ3v) is 4.21. The van der Waals surface area contributed by atoms with Crippen LogP contribution in [0.2, 0.25) is 0 Å². The van der Waals surface area contributed by atoms with E-state index < -0.39 is 0 Å². The molecular weight excluding hydrogens is 247 g/mol. The molecule has 4 rings (SSSR count). The molecule has 0 spiro atoms. The molecule has 1 fully saturated rings. The first-order valence-corrected chi connectivity index (χ1v) is 5.98. The highest BCUT2D eigenvalue weighted by molar-refractivity contribution is 6.40. The summed E-state index contributed by atoms with van der Waals surface area (Å²) in [6.07, 6.45) is 2.09. The van der Waals surface area contributed by atoms with Crippen LogP contribution in [0.1, 0.15) is 6.92 Å². The molecule has 4 nitrogen and oxygen atoms in total. The number of hydrogen-bond acceptors (Lipinski definition) is 4. The molecule has 6 heteroatoms. The first kappa shape index (κ1) is 10.4. The number of nitrogens with two attached hydrogens (primary N) is 1. The van der Waals surface area contributed by atoms with Gasteiger partial charge in [0.2, 0.25) is 0 Å². The summed E-state index contributed by atoms with van der Waals surface area (Å²) in [5, 5.41) is 6.78. The van der Waals surface area contributed by atoms with Crippen LogP contribution in [0.4, 0.5) is 0 Å².